The molecule has 1 N–H and O–H groups in total. The molecule has 27 heavy (non-hydrogen) atoms. The van der Waals surface area contributed by atoms with Crippen molar-refractivity contribution < 1.29 is 13.2 Å². The maximum atomic E-state index is 12.9. The Bertz CT molecular complexity index is 752. The SMILES string of the molecule is C=CCCC(=O)Nc1cc(S(=O)(=O)N(CC)CC)ccc1N1CCCCC1. The lowest BCUT2D eigenvalue weighted by molar-refractivity contribution is -0.116. The Morgan fingerprint density at radius 2 is 1.89 bits per heavy atom. The van der Waals surface area contributed by atoms with Crippen molar-refractivity contribution in [1.82, 2.24) is 4.31 Å². The van der Waals surface area contributed by atoms with Crippen molar-refractivity contribution in [2.45, 2.75) is 50.8 Å². The van der Waals surface area contributed by atoms with Gasteiger partial charge in [0.15, 0.2) is 0 Å². The minimum Gasteiger partial charge on any atom is -0.370 e. The monoisotopic (exact) mass is 393 g/mol. The lowest BCUT2D eigenvalue weighted by atomic mass is 10.1. The first-order chi connectivity index (χ1) is 12.9. The van der Waals surface area contributed by atoms with Crippen LogP contribution in [0.3, 0.4) is 0 Å². The van der Waals surface area contributed by atoms with E-state index in [1.165, 1.54) is 10.7 Å². The third-order valence-electron chi connectivity index (χ3n) is 4.86. The highest BCUT2D eigenvalue weighted by Crippen LogP contribution is 2.32. The first kappa shape index (κ1) is 21.4. The van der Waals surface area contributed by atoms with Crippen LogP contribution in [0.25, 0.3) is 0 Å². The summed E-state index contributed by atoms with van der Waals surface area (Å²) in [5.74, 6) is -0.134. The van der Waals surface area contributed by atoms with E-state index in [1.54, 1.807) is 18.2 Å². The molecule has 1 aliphatic heterocycles. The second-order valence-electron chi connectivity index (χ2n) is 6.69. The van der Waals surface area contributed by atoms with Gasteiger partial charge in [-0.05, 0) is 43.9 Å². The Balaban J connectivity index is 2.40. The van der Waals surface area contributed by atoms with E-state index in [0.29, 0.717) is 31.6 Å². The van der Waals surface area contributed by atoms with Gasteiger partial charge in [-0.3, -0.25) is 4.79 Å². The summed E-state index contributed by atoms with van der Waals surface area (Å²) in [6.07, 6.45) is 6.02. The van der Waals surface area contributed by atoms with Crippen LogP contribution in [0.5, 0.6) is 0 Å². The van der Waals surface area contributed by atoms with Crippen LogP contribution < -0.4 is 10.2 Å². The number of benzene rings is 1. The van der Waals surface area contributed by atoms with Gasteiger partial charge in [-0.2, -0.15) is 4.31 Å². The van der Waals surface area contributed by atoms with Crippen LogP contribution >= 0.6 is 0 Å². The number of carbonyl (C=O) groups excluding carboxylic acids is 1. The number of anilines is 2. The molecule has 0 bridgehead atoms. The summed E-state index contributed by atoms with van der Waals surface area (Å²) in [4.78, 5) is 14.7. The standard InChI is InChI=1S/C20H31N3O3S/c1-4-7-11-20(24)21-18-16-17(27(25,26)23(5-2)6-3)12-13-19(18)22-14-9-8-10-15-22/h4,12-13,16H,1,5-11,14-15H2,2-3H3,(H,21,24). The molecule has 1 aromatic rings. The predicted octanol–water partition coefficient (Wildman–Crippen LogP) is 3.61. The van der Waals surface area contributed by atoms with Crippen molar-refractivity contribution in [2.24, 2.45) is 0 Å². The van der Waals surface area contributed by atoms with Crippen molar-refractivity contribution in [3.05, 3.63) is 30.9 Å². The van der Waals surface area contributed by atoms with Crippen molar-refractivity contribution in [3.8, 4) is 0 Å². The quantitative estimate of drug-likeness (QED) is 0.651. The number of amides is 1. The highest BCUT2D eigenvalue weighted by molar-refractivity contribution is 7.89. The van der Waals surface area contributed by atoms with Crippen LogP contribution in [0, 0.1) is 0 Å². The number of carbonyl (C=O) groups is 1. The zero-order valence-electron chi connectivity index (χ0n) is 16.4. The highest BCUT2D eigenvalue weighted by Gasteiger charge is 2.24. The maximum Gasteiger partial charge on any atom is 0.243 e. The van der Waals surface area contributed by atoms with Crippen molar-refractivity contribution in [1.29, 1.82) is 0 Å². The Labute approximate surface area is 163 Å². The van der Waals surface area contributed by atoms with Gasteiger partial charge >= 0.3 is 0 Å². The Hall–Kier alpha value is -1.86. The number of rotatable bonds is 9. The van der Waals surface area contributed by atoms with Crippen molar-refractivity contribution >= 4 is 27.3 Å². The molecule has 0 aliphatic carbocycles. The molecule has 0 spiro atoms. The minimum atomic E-state index is -3.58. The zero-order chi connectivity index (χ0) is 19.9. The van der Waals surface area contributed by atoms with E-state index in [4.69, 9.17) is 0 Å². The van der Waals surface area contributed by atoms with E-state index in [1.807, 2.05) is 19.9 Å². The maximum absolute atomic E-state index is 12.9. The first-order valence-corrected chi connectivity index (χ1v) is 11.2. The van der Waals surface area contributed by atoms with Crippen LogP contribution in [-0.2, 0) is 14.8 Å². The summed E-state index contributed by atoms with van der Waals surface area (Å²) < 4.78 is 27.2. The van der Waals surface area contributed by atoms with Crippen LogP contribution in [0.15, 0.2) is 35.7 Å². The smallest absolute Gasteiger partial charge is 0.243 e. The van der Waals surface area contributed by atoms with Gasteiger partial charge in [-0.25, -0.2) is 8.42 Å². The molecule has 1 fully saturated rings. The fourth-order valence-corrected chi connectivity index (χ4v) is 4.83. The van der Waals surface area contributed by atoms with Gasteiger partial charge in [-0.1, -0.05) is 19.9 Å². The summed E-state index contributed by atoms with van der Waals surface area (Å²) in [6, 6.07) is 5.07. The summed E-state index contributed by atoms with van der Waals surface area (Å²) in [6.45, 7) is 9.93. The molecule has 6 nitrogen and oxygen atoms in total. The number of piperidine rings is 1. The Morgan fingerprint density at radius 3 is 2.48 bits per heavy atom. The molecule has 1 aromatic carbocycles. The fourth-order valence-electron chi connectivity index (χ4n) is 3.34. The average molecular weight is 394 g/mol. The molecule has 1 heterocycles. The average Bonchev–Trinajstić information content (AvgIpc) is 2.67. The largest absolute Gasteiger partial charge is 0.370 e. The van der Waals surface area contributed by atoms with E-state index >= 15 is 0 Å². The van der Waals surface area contributed by atoms with Gasteiger partial charge in [0.1, 0.15) is 0 Å². The van der Waals surface area contributed by atoms with Gasteiger partial charge in [0.2, 0.25) is 15.9 Å². The third-order valence-corrected chi connectivity index (χ3v) is 6.90. The highest BCUT2D eigenvalue weighted by atomic mass is 32.2. The number of hydrogen-bond donors (Lipinski definition) is 1. The van der Waals surface area contributed by atoms with Gasteiger partial charge in [0.05, 0.1) is 16.3 Å². The molecular formula is C20H31N3O3S. The molecule has 1 saturated heterocycles. The predicted molar refractivity (Wildman–Crippen MR) is 111 cm³/mol. The normalized spacial score (nSPS) is 15.0. The molecule has 1 amide bonds. The fraction of sp³-hybridized carbons (Fsp3) is 0.550. The van der Waals surface area contributed by atoms with Crippen molar-refractivity contribution in [2.75, 3.05) is 36.4 Å². The topological polar surface area (TPSA) is 69.7 Å². The molecule has 7 heteroatoms. The van der Waals surface area contributed by atoms with Gasteiger partial charge in [0, 0.05) is 32.6 Å². The molecule has 0 saturated carbocycles. The number of sulfonamides is 1. The van der Waals surface area contributed by atoms with Gasteiger partial charge in [-0.15, -0.1) is 6.58 Å². The summed E-state index contributed by atoms with van der Waals surface area (Å²) in [7, 11) is -3.58. The van der Waals surface area contributed by atoms with Crippen LogP contribution in [0.4, 0.5) is 11.4 Å². The molecule has 1 aliphatic rings. The van der Waals surface area contributed by atoms with E-state index in [-0.39, 0.29) is 10.8 Å². The molecule has 0 radical (unpaired) electrons. The number of nitrogens with one attached hydrogen (secondary N) is 1. The molecular weight excluding hydrogens is 362 g/mol. The van der Waals surface area contributed by atoms with Gasteiger partial charge in [0.25, 0.3) is 0 Å². The zero-order valence-corrected chi connectivity index (χ0v) is 17.2. The summed E-state index contributed by atoms with van der Waals surface area (Å²) >= 11 is 0. The van der Waals surface area contributed by atoms with E-state index in [2.05, 4.69) is 16.8 Å². The molecule has 0 unspecified atom stereocenters. The minimum absolute atomic E-state index is 0.134. The molecule has 0 aromatic heterocycles. The second kappa shape index (κ2) is 9.90. The van der Waals surface area contributed by atoms with E-state index < -0.39 is 10.0 Å². The third kappa shape index (κ3) is 5.32. The Morgan fingerprint density at radius 1 is 1.22 bits per heavy atom. The lowest BCUT2D eigenvalue weighted by Gasteiger charge is -2.31. The molecule has 0 atom stereocenters. The Kier molecular flexibility index (Phi) is 7.86. The first-order valence-electron chi connectivity index (χ1n) is 9.73. The van der Waals surface area contributed by atoms with Crippen molar-refractivity contribution in [3.63, 3.8) is 0 Å². The van der Waals surface area contributed by atoms with Crippen LogP contribution in [0.1, 0.15) is 46.0 Å². The number of nitrogens with zero attached hydrogens (tertiary/aromatic N) is 2. The number of allylic oxidation sites excluding steroid dienone is 1. The summed E-state index contributed by atoms with van der Waals surface area (Å²) in [5, 5.41) is 2.92. The molecule has 2 rings (SSSR count). The molecule has 150 valence electrons. The second-order valence-corrected chi connectivity index (χ2v) is 8.63. The van der Waals surface area contributed by atoms with E-state index in [0.717, 1.165) is 31.6 Å². The number of hydrogen-bond acceptors (Lipinski definition) is 4. The van der Waals surface area contributed by atoms with Crippen LogP contribution in [0.2, 0.25) is 0 Å². The van der Waals surface area contributed by atoms with Gasteiger partial charge < -0.3 is 10.2 Å². The van der Waals surface area contributed by atoms with Crippen LogP contribution in [-0.4, -0.2) is 44.8 Å². The summed E-state index contributed by atoms with van der Waals surface area (Å²) in [5.41, 5.74) is 1.46. The van der Waals surface area contributed by atoms with E-state index in [9.17, 15) is 13.2 Å². The lowest BCUT2D eigenvalue weighted by Crippen LogP contribution is -2.32.